The van der Waals surface area contributed by atoms with Crippen molar-refractivity contribution in [3.63, 3.8) is 0 Å². The Morgan fingerprint density at radius 3 is 2.21 bits per heavy atom. The Kier molecular flexibility index (Phi) is 16.9. The number of hydrogen-bond donors (Lipinski definition) is 2. The number of aliphatic hydroxyl groups is 1. The van der Waals surface area contributed by atoms with Crippen LogP contribution in [0.5, 0.6) is 0 Å². The first kappa shape index (κ1) is 15.8. The minimum absolute atomic E-state index is 0.147. The molecule has 0 fully saturated rings. The number of unbranched alkanes of at least 4 members (excludes halogenated alkanes) is 3. The summed E-state index contributed by atoms with van der Waals surface area (Å²) in [5, 5.41) is 15.8. The molecule has 0 aromatic heterocycles. The molecule has 0 rings (SSSR count). The summed E-state index contributed by atoms with van der Waals surface area (Å²) < 4.78 is 5.08. The van der Waals surface area contributed by atoms with Gasteiger partial charge in [0.1, 0.15) is 0 Å². The van der Waals surface area contributed by atoms with Gasteiger partial charge in [0.25, 0.3) is 5.97 Å². The van der Waals surface area contributed by atoms with Gasteiger partial charge in [0.05, 0.1) is 13.2 Å². The zero-order valence-corrected chi connectivity index (χ0v) is 9.16. The van der Waals surface area contributed by atoms with Crippen LogP contribution >= 0.6 is 0 Å². The smallest absolute Gasteiger partial charge is 0.300 e. The molecule has 4 heteroatoms. The number of carboxylic acids is 1. The normalized spacial score (nSPS) is 9.07. The van der Waals surface area contributed by atoms with Crippen molar-refractivity contribution in [3.8, 4) is 0 Å². The van der Waals surface area contributed by atoms with Crippen LogP contribution in [0.4, 0.5) is 0 Å². The third-order valence-electron chi connectivity index (χ3n) is 1.38. The van der Waals surface area contributed by atoms with Crippen molar-refractivity contribution >= 4 is 5.97 Å². The fraction of sp³-hybridized carbons (Fsp3) is 0.900. The summed E-state index contributed by atoms with van der Waals surface area (Å²) in [5.41, 5.74) is 0. The summed E-state index contributed by atoms with van der Waals surface area (Å²) in [6, 6.07) is 0. The second-order valence-electron chi connectivity index (χ2n) is 2.92. The van der Waals surface area contributed by atoms with Crippen molar-refractivity contribution in [3.05, 3.63) is 0 Å². The van der Waals surface area contributed by atoms with Crippen LogP contribution in [0.15, 0.2) is 0 Å². The van der Waals surface area contributed by atoms with E-state index in [9.17, 15) is 0 Å². The Morgan fingerprint density at radius 1 is 1.21 bits per heavy atom. The number of hydrogen-bond acceptors (Lipinski definition) is 3. The first-order valence-electron chi connectivity index (χ1n) is 5.03. The summed E-state index contributed by atoms with van der Waals surface area (Å²) in [6.07, 6.45) is 4.94. The maximum Gasteiger partial charge on any atom is 0.300 e. The molecule has 86 valence electrons. The molecule has 0 aliphatic carbocycles. The molecule has 14 heavy (non-hydrogen) atoms. The van der Waals surface area contributed by atoms with Gasteiger partial charge in [-0.05, 0) is 6.42 Å². The molecule has 0 heterocycles. The molecule has 0 saturated heterocycles. The van der Waals surface area contributed by atoms with E-state index in [1.807, 2.05) is 0 Å². The van der Waals surface area contributed by atoms with E-state index in [2.05, 4.69) is 6.92 Å². The van der Waals surface area contributed by atoms with Crippen LogP contribution < -0.4 is 0 Å². The lowest BCUT2D eigenvalue weighted by Gasteiger charge is -2.00. The van der Waals surface area contributed by atoms with E-state index in [0.717, 1.165) is 20.0 Å². The summed E-state index contributed by atoms with van der Waals surface area (Å²) in [5.74, 6) is -0.833. The zero-order valence-electron chi connectivity index (χ0n) is 9.16. The minimum Gasteiger partial charge on any atom is -0.481 e. The Morgan fingerprint density at radius 2 is 1.79 bits per heavy atom. The van der Waals surface area contributed by atoms with Gasteiger partial charge >= 0.3 is 0 Å². The monoisotopic (exact) mass is 206 g/mol. The first-order valence-corrected chi connectivity index (χ1v) is 5.03. The van der Waals surface area contributed by atoms with E-state index in [0.29, 0.717) is 6.61 Å². The lowest BCUT2D eigenvalue weighted by Crippen LogP contribution is -2.00. The van der Waals surface area contributed by atoms with Gasteiger partial charge < -0.3 is 14.9 Å². The van der Waals surface area contributed by atoms with Gasteiger partial charge in [0.15, 0.2) is 0 Å². The average Bonchev–Trinajstić information content (AvgIpc) is 2.10. The number of aliphatic carboxylic acids is 1. The fourth-order valence-electron chi connectivity index (χ4n) is 0.798. The summed E-state index contributed by atoms with van der Waals surface area (Å²) in [4.78, 5) is 9.00. The van der Waals surface area contributed by atoms with Crippen molar-refractivity contribution in [1.82, 2.24) is 0 Å². The van der Waals surface area contributed by atoms with E-state index >= 15 is 0 Å². The van der Waals surface area contributed by atoms with Gasteiger partial charge in [-0.1, -0.05) is 26.2 Å². The van der Waals surface area contributed by atoms with Crippen LogP contribution in [0.25, 0.3) is 0 Å². The Balaban J connectivity index is 0. The Labute approximate surface area is 85.9 Å². The molecule has 4 nitrogen and oxygen atoms in total. The van der Waals surface area contributed by atoms with Crippen LogP contribution in [0.1, 0.15) is 39.5 Å². The van der Waals surface area contributed by atoms with Crippen LogP contribution in [0, 0.1) is 0 Å². The third-order valence-corrected chi connectivity index (χ3v) is 1.38. The molecule has 0 aliphatic rings. The number of rotatable bonds is 7. The summed E-state index contributed by atoms with van der Waals surface area (Å²) >= 11 is 0. The molecule has 0 atom stereocenters. The molecule has 0 radical (unpaired) electrons. The van der Waals surface area contributed by atoms with Gasteiger partial charge in [-0.15, -0.1) is 0 Å². The topological polar surface area (TPSA) is 66.8 Å². The molecule has 0 saturated carbocycles. The number of aliphatic hydroxyl groups excluding tert-OH is 1. The molecule has 0 bridgehead atoms. The van der Waals surface area contributed by atoms with Crippen LogP contribution in [0.2, 0.25) is 0 Å². The van der Waals surface area contributed by atoms with E-state index in [-0.39, 0.29) is 6.61 Å². The van der Waals surface area contributed by atoms with E-state index < -0.39 is 5.97 Å². The highest BCUT2D eigenvalue weighted by molar-refractivity contribution is 5.62. The SMILES string of the molecule is CC(=O)O.CCCCCCOCCO. The van der Waals surface area contributed by atoms with Gasteiger partial charge in [0.2, 0.25) is 0 Å². The highest BCUT2D eigenvalue weighted by atomic mass is 16.5. The molecular formula is C10H22O4. The van der Waals surface area contributed by atoms with E-state index in [1.54, 1.807) is 0 Å². The lowest BCUT2D eigenvalue weighted by molar-refractivity contribution is -0.134. The third kappa shape index (κ3) is 30.1. The van der Waals surface area contributed by atoms with Crippen molar-refractivity contribution < 1.29 is 19.7 Å². The highest BCUT2D eigenvalue weighted by Crippen LogP contribution is 1.98. The van der Waals surface area contributed by atoms with E-state index in [1.165, 1.54) is 19.3 Å². The van der Waals surface area contributed by atoms with Gasteiger partial charge in [-0.2, -0.15) is 0 Å². The van der Waals surface area contributed by atoms with Crippen LogP contribution in [-0.4, -0.2) is 36.0 Å². The van der Waals surface area contributed by atoms with Gasteiger partial charge in [0, 0.05) is 13.5 Å². The molecule has 0 aliphatic heterocycles. The fourth-order valence-corrected chi connectivity index (χ4v) is 0.798. The second kappa shape index (κ2) is 14.9. The predicted molar refractivity (Wildman–Crippen MR) is 55.4 cm³/mol. The zero-order chi connectivity index (χ0) is 11.2. The van der Waals surface area contributed by atoms with Crippen molar-refractivity contribution in [1.29, 1.82) is 0 Å². The van der Waals surface area contributed by atoms with Gasteiger partial charge in [-0.3, -0.25) is 4.79 Å². The Bertz CT molecular complexity index is 103. The van der Waals surface area contributed by atoms with Crippen molar-refractivity contribution in [2.24, 2.45) is 0 Å². The highest BCUT2D eigenvalue weighted by Gasteiger charge is 1.87. The molecule has 2 N–H and O–H groups in total. The molecule has 0 aromatic rings. The van der Waals surface area contributed by atoms with Crippen LogP contribution in [-0.2, 0) is 9.53 Å². The minimum atomic E-state index is -0.833. The largest absolute Gasteiger partial charge is 0.481 e. The van der Waals surface area contributed by atoms with Gasteiger partial charge in [-0.25, -0.2) is 0 Å². The maximum absolute atomic E-state index is 9.00. The molecule has 0 aromatic carbocycles. The molecular weight excluding hydrogens is 184 g/mol. The summed E-state index contributed by atoms with van der Waals surface area (Å²) in [7, 11) is 0. The van der Waals surface area contributed by atoms with Crippen molar-refractivity contribution in [2.75, 3.05) is 19.8 Å². The number of carbonyl (C=O) groups is 1. The molecule has 0 spiro atoms. The number of ether oxygens (including phenoxy) is 1. The van der Waals surface area contributed by atoms with E-state index in [4.69, 9.17) is 19.7 Å². The molecule has 0 amide bonds. The van der Waals surface area contributed by atoms with Crippen molar-refractivity contribution in [2.45, 2.75) is 39.5 Å². The quantitative estimate of drug-likeness (QED) is 0.622. The van der Waals surface area contributed by atoms with Crippen LogP contribution in [0.3, 0.4) is 0 Å². The first-order chi connectivity index (χ1) is 6.65. The lowest BCUT2D eigenvalue weighted by atomic mass is 10.2. The standard InChI is InChI=1S/C8H18O2.C2H4O2/c1-2-3-4-5-7-10-8-6-9;1-2(3)4/h9H,2-8H2,1H3;1H3,(H,3,4). The average molecular weight is 206 g/mol. The molecule has 0 unspecified atom stereocenters. The second-order valence-corrected chi connectivity index (χ2v) is 2.92. The Hall–Kier alpha value is -0.610. The number of carboxylic acid groups (broad SMARTS) is 1. The predicted octanol–water partition coefficient (Wildman–Crippen LogP) is 1.67. The summed E-state index contributed by atoms with van der Waals surface area (Å²) in [6.45, 7) is 4.72. The maximum atomic E-state index is 9.00.